The fourth-order valence-corrected chi connectivity index (χ4v) is 2.18. The predicted molar refractivity (Wildman–Crippen MR) is 71.7 cm³/mol. The fourth-order valence-electron chi connectivity index (χ4n) is 2.18. The van der Waals surface area contributed by atoms with Gasteiger partial charge in [-0.2, -0.15) is 13.2 Å². The number of nitrogens with one attached hydrogen (secondary N) is 2. The van der Waals surface area contributed by atoms with E-state index in [-0.39, 0.29) is 24.3 Å². The third-order valence-electron chi connectivity index (χ3n) is 3.20. The maximum absolute atomic E-state index is 12.8. The number of carbonyl (C=O) groups is 1. The molecule has 7 heteroatoms. The van der Waals surface area contributed by atoms with E-state index >= 15 is 0 Å². The van der Waals surface area contributed by atoms with Crippen LogP contribution in [0, 0.1) is 5.92 Å². The standard InChI is InChI=1S/C14H15F3N2O2/c15-14(16,17)11-3-1-2-4-12(11)19-13(21)18-10-6-5-9(7-10)8-20/h1-6,9-10,20H,7-8H2,(H2,18,19,21)/t9-,10+/m0/s1. The van der Waals surface area contributed by atoms with Crippen LogP contribution in [0.25, 0.3) is 0 Å². The smallest absolute Gasteiger partial charge is 0.396 e. The minimum Gasteiger partial charge on any atom is -0.396 e. The van der Waals surface area contributed by atoms with Crippen molar-refractivity contribution in [3.63, 3.8) is 0 Å². The minimum atomic E-state index is -4.53. The molecule has 4 nitrogen and oxygen atoms in total. The van der Waals surface area contributed by atoms with Crippen molar-refractivity contribution in [2.75, 3.05) is 11.9 Å². The Hall–Kier alpha value is -2.02. The van der Waals surface area contributed by atoms with Crippen LogP contribution in [0.4, 0.5) is 23.7 Å². The van der Waals surface area contributed by atoms with Gasteiger partial charge in [0, 0.05) is 18.6 Å². The van der Waals surface area contributed by atoms with Gasteiger partial charge in [-0.05, 0) is 18.6 Å². The zero-order valence-corrected chi connectivity index (χ0v) is 11.0. The summed E-state index contributed by atoms with van der Waals surface area (Å²) in [5.41, 5.74) is -1.18. The summed E-state index contributed by atoms with van der Waals surface area (Å²) in [6.07, 6.45) is -0.505. The highest BCUT2D eigenvalue weighted by Crippen LogP contribution is 2.34. The molecule has 0 heterocycles. The van der Waals surface area contributed by atoms with Crippen LogP contribution in [-0.2, 0) is 6.18 Å². The maximum atomic E-state index is 12.8. The van der Waals surface area contributed by atoms with Crippen molar-refractivity contribution in [3.05, 3.63) is 42.0 Å². The van der Waals surface area contributed by atoms with E-state index in [4.69, 9.17) is 5.11 Å². The molecule has 0 bridgehead atoms. The Bertz CT molecular complexity index is 543. The lowest BCUT2D eigenvalue weighted by atomic mass is 10.1. The number of aliphatic hydroxyl groups excluding tert-OH is 1. The highest BCUT2D eigenvalue weighted by molar-refractivity contribution is 5.90. The van der Waals surface area contributed by atoms with E-state index in [1.807, 2.05) is 0 Å². The van der Waals surface area contributed by atoms with E-state index in [2.05, 4.69) is 10.6 Å². The lowest BCUT2D eigenvalue weighted by Gasteiger charge is -2.16. The summed E-state index contributed by atoms with van der Waals surface area (Å²) in [5, 5.41) is 13.7. The first-order valence-corrected chi connectivity index (χ1v) is 6.43. The summed E-state index contributed by atoms with van der Waals surface area (Å²) >= 11 is 0. The molecule has 1 aromatic rings. The van der Waals surface area contributed by atoms with Crippen LogP contribution in [0.2, 0.25) is 0 Å². The molecule has 114 valence electrons. The number of amides is 2. The van der Waals surface area contributed by atoms with Crippen molar-refractivity contribution < 1.29 is 23.1 Å². The van der Waals surface area contributed by atoms with Crippen LogP contribution in [0.5, 0.6) is 0 Å². The van der Waals surface area contributed by atoms with Gasteiger partial charge >= 0.3 is 12.2 Å². The first-order valence-electron chi connectivity index (χ1n) is 6.43. The summed E-state index contributed by atoms with van der Waals surface area (Å²) in [6, 6.07) is 3.79. The lowest BCUT2D eigenvalue weighted by molar-refractivity contribution is -0.136. The Kier molecular flexibility index (Phi) is 4.52. The number of anilines is 1. The molecule has 2 atom stereocenters. The molecular formula is C14H15F3N2O2. The van der Waals surface area contributed by atoms with Gasteiger partial charge in [0.25, 0.3) is 0 Å². The molecule has 0 aromatic heterocycles. The number of hydrogen-bond donors (Lipinski definition) is 3. The van der Waals surface area contributed by atoms with Crippen LogP contribution in [0.1, 0.15) is 12.0 Å². The van der Waals surface area contributed by atoms with E-state index in [1.165, 1.54) is 18.2 Å². The quantitative estimate of drug-likeness (QED) is 0.752. The van der Waals surface area contributed by atoms with Gasteiger partial charge in [0.1, 0.15) is 0 Å². The zero-order chi connectivity index (χ0) is 15.5. The average molecular weight is 300 g/mol. The van der Waals surface area contributed by atoms with Gasteiger partial charge in [-0.15, -0.1) is 0 Å². The second kappa shape index (κ2) is 6.17. The molecule has 3 N–H and O–H groups in total. The molecule has 0 spiro atoms. The predicted octanol–water partition coefficient (Wildman–Crippen LogP) is 2.76. The highest BCUT2D eigenvalue weighted by atomic mass is 19.4. The summed E-state index contributed by atoms with van der Waals surface area (Å²) in [4.78, 5) is 11.8. The Morgan fingerprint density at radius 1 is 1.29 bits per heavy atom. The van der Waals surface area contributed by atoms with Crippen molar-refractivity contribution in [1.82, 2.24) is 5.32 Å². The third-order valence-corrected chi connectivity index (χ3v) is 3.20. The number of benzene rings is 1. The Balaban J connectivity index is 1.99. The van der Waals surface area contributed by atoms with Gasteiger partial charge in [0.2, 0.25) is 0 Å². The van der Waals surface area contributed by atoms with Crippen molar-refractivity contribution in [2.45, 2.75) is 18.6 Å². The second-order valence-corrected chi connectivity index (χ2v) is 4.81. The van der Waals surface area contributed by atoms with E-state index in [0.717, 1.165) is 6.07 Å². The van der Waals surface area contributed by atoms with Gasteiger partial charge in [0.05, 0.1) is 11.3 Å². The third kappa shape index (κ3) is 3.98. The summed E-state index contributed by atoms with van der Waals surface area (Å²) in [5.74, 6) is -0.0299. The monoisotopic (exact) mass is 300 g/mol. The van der Waals surface area contributed by atoms with Gasteiger partial charge in [-0.1, -0.05) is 24.3 Å². The largest absolute Gasteiger partial charge is 0.418 e. The van der Waals surface area contributed by atoms with Gasteiger partial charge in [-0.3, -0.25) is 0 Å². The minimum absolute atomic E-state index is 0.0206. The molecule has 2 amide bonds. The number of hydrogen-bond acceptors (Lipinski definition) is 2. The molecule has 1 aliphatic rings. The number of urea groups is 1. The maximum Gasteiger partial charge on any atom is 0.418 e. The zero-order valence-electron chi connectivity index (χ0n) is 11.0. The first kappa shape index (κ1) is 15.4. The first-order chi connectivity index (χ1) is 9.90. The van der Waals surface area contributed by atoms with Crippen LogP contribution in [0.15, 0.2) is 36.4 Å². The van der Waals surface area contributed by atoms with Crippen LogP contribution < -0.4 is 10.6 Å². The van der Waals surface area contributed by atoms with E-state index in [9.17, 15) is 18.0 Å². The summed E-state index contributed by atoms with van der Waals surface area (Å²) < 4.78 is 38.4. The summed E-state index contributed by atoms with van der Waals surface area (Å²) in [7, 11) is 0. The van der Waals surface area contributed by atoms with Gasteiger partial charge < -0.3 is 15.7 Å². The lowest BCUT2D eigenvalue weighted by Crippen LogP contribution is -2.36. The number of para-hydroxylation sites is 1. The van der Waals surface area contributed by atoms with Crippen molar-refractivity contribution >= 4 is 11.7 Å². The van der Waals surface area contributed by atoms with Crippen LogP contribution in [0.3, 0.4) is 0 Å². The topological polar surface area (TPSA) is 61.4 Å². The highest BCUT2D eigenvalue weighted by Gasteiger charge is 2.33. The number of rotatable bonds is 3. The molecule has 0 unspecified atom stereocenters. The normalized spacial score (nSPS) is 21.3. The molecule has 2 rings (SSSR count). The second-order valence-electron chi connectivity index (χ2n) is 4.81. The van der Waals surface area contributed by atoms with Crippen molar-refractivity contribution in [2.24, 2.45) is 5.92 Å². The molecule has 0 radical (unpaired) electrons. The fraction of sp³-hybridized carbons (Fsp3) is 0.357. The Labute approximate surface area is 119 Å². The average Bonchev–Trinajstić information content (AvgIpc) is 2.85. The molecule has 1 aromatic carbocycles. The number of halogens is 3. The molecule has 0 aliphatic heterocycles. The molecule has 1 aliphatic carbocycles. The van der Waals surface area contributed by atoms with Gasteiger partial charge in [0.15, 0.2) is 0 Å². The molecule has 0 saturated carbocycles. The van der Waals surface area contributed by atoms with Crippen molar-refractivity contribution in [3.8, 4) is 0 Å². The molecule has 0 saturated heterocycles. The number of alkyl halides is 3. The number of carbonyl (C=O) groups excluding carboxylic acids is 1. The molecular weight excluding hydrogens is 285 g/mol. The SMILES string of the molecule is O=C(Nc1ccccc1C(F)(F)F)N[C@@H]1C=C[C@H](CO)C1. The summed E-state index contributed by atoms with van der Waals surface area (Å²) in [6.45, 7) is -0.0206. The van der Waals surface area contributed by atoms with Crippen molar-refractivity contribution in [1.29, 1.82) is 0 Å². The molecule has 21 heavy (non-hydrogen) atoms. The van der Waals surface area contributed by atoms with Gasteiger partial charge in [-0.25, -0.2) is 4.79 Å². The van der Waals surface area contributed by atoms with Crippen LogP contribution >= 0.6 is 0 Å². The Morgan fingerprint density at radius 3 is 2.62 bits per heavy atom. The van der Waals surface area contributed by atoms with E-state index in [1.54, 1.807) is 12.2 Å². The van der Waals surface area contributed by atoms with Crippen LogP contribution in [-0.4, -0.2) is 23.8 Å². The Morgan fingerprint density at radius 2 is 2.00 bits per heavy atom. The molecule has 0 fully saturated rings. The van der Waals surface area contributed by atoms with E-state index < -0.39 is 17.8 Å². The number of aliphatic hydroxyl groups is 1. The van der Waals surface area contributed by atoms with E-state index in [0.29, 0.717) is 6.42 Å².